The number of hydrogen-bond acceptors (Lipinski definition) is 9. The van der Waals surface area contributed by atoms with Crippen molar-refractivity contribution in [2.24, 2.45) is 0 Å². The van der Waals surface area contributed by atoms with Crippen LogP contribution in [-0.4, -0.2) is 44.3 Å². The number of nitrogens with two attached hydrogens (primary N) is 4. The summed E-state index contributed by atoms with van der Waals surface area (Å²) < 4.78 is 6.05. The first-order chi connectivity index (χ1) is 19.8. The van der Waals surface area contributed by atoms with Gasteiger partial charge in [0.25, 0.3) is 0 Å². The van der Waals surface area contributed by atoms with Crippen LogP contribution in [0.3, 0.4) is 0 Å². The number of nitrogen functional groups attached to an aromatic ring is 4. The highest BCUT2D eigenvalue weighted by molar-refractivity contribution is 6.03. The van der Waals surface area contributed by atoms with Crippen molar-refractivity contribution in [2.75, 3.05) is 22.9 Å². The Bertz CT molecular complexity index is 1750. The third kappa shape index (κ3) is 3.79. The van der Waals surface area contributed by atoms with Gasteiger partial charge >= 0.3 is 23.9 Å². The Balaban J connectivity index is 2.17. The lowest BCUT2D eigenvalue weighted by Gasteiger charge is -2.43. The first-order valence-electron chi connectivity index (χ1n) is 12.1. The normalized spacial score (nSPS) is 12.9. The molecule has 1 aliphatic heterocycles. The molecule has 0 spiro atoms. The van der Waals surface area contributed by atoms with Crippen molar-refractivity contribution in [3.8, 4) is 11.5 Å². The molecule has 0 saturated carbocycles. The van der Waals surface area contributed by atoms with Gasteiger partial charge < -0.3 is 48.1 Å². The SMILES string of the molecule is Nc1ccc(C2(c3ccc(N)c(C(=O)O)c3)c3c(ccc(N)c3C(=O)O)Oc3ccc(N)c(C(=O)O)c32)cc1C(=O)O. The molecule has 13 heteroatoms. The van der Waals surface area contributed by atoms with E-state index < -0.39 is 51.5 Å². The average Bonchev–Trinajstić information content (AvgIpc) is 2.92. The lowest BCUT2D eigenvalue weighted by Crippen LogP contribution is -2.38. The molecule has 1 heterocycles. The smallest absolute Gasteiger partial charge is 0.338 e. The minimum absolute atomic E-state index is 0.00205. The summed E-state index contributed by atoms with van der Waals surface area (Å²) in [6, 6.07) is 12.9. The molecule has 0 radical (unpaired) electrons. The Morgan fingerprint density at radius 1 is 0.524 bits per heavy atom. The summed E-state index contributed by atoms with van der Waals surface area (Å²) in [4.78, 5) is 50.0. The van der Waals surface area contributed by atoms with Crippen LogP contribution in [0.4, 0.5) is 22.7 Å². The molecular formula is C29H22N4O9. The molecule has 0 atom stereocenters. The van der Waals surface area contributed by atoms with E-state index in [1.807, 2.05) is 0 Å². The lowest BCUT2D eigenvalue weighted by atomic mass is 9.60. The summed E-state index contributed by atoms with van der Waals surface area (Å²) in [5.41, 5.74) is 19.2. The Morgan fingerprint density at radius 2 is 0.881 bits per heavy atom. The molecule has 5 rings (SSSR count). The number of fused-ring (bicyclic) bond motifs is 2. The summed E-state index contributed by atoms with van der Waals surface area (Å²) in [5, 5.41) is 40.7. The van der Waals surface area contributed by atoms with E-state index in [0.717, 1.165) is 12.1 Å². The Morgan fingerprint density at radius 3 is 1.21 bits per heavy atom. The van der Waals surface area contributed by atoms with E-state index in [0.29, 0.717) is 0 Å². The van der Waals surface area contributed by atoms with Crippen LogP contribution < -0.4 is 27.7 Å². The highest BCUT2D eigenvalue weighted by atomic mass is 16.5. The van der Waals surface area contributed by atoms with E-state index in [-0.39, 0.29) is 56.5 Å². The topological polar surface area (TPSA) is 263 Å². The number of carboxylic acids is 4. The van der Waals surface area contributed by atoms with Crippen molar-refractivity contribution < 1.29 is 44.3 Å². The molecule has 212 valence electrons. The van der Waals surface area contributed by atoms with Gasteiger partial charge in [-0.2, -0.15) is 0 Å². The highest BCUT2D eigenvalue weighted by Crippen LogP contribution is 2.59. The van der Waals surface area contributed by atoms with Gasteiger partial charge in [-0.05, 0) is 59.7 Å². The van der Waals surface area contributed by atoms with E-state index in [1.54, 1.807) is 0 Å². The zero-order chi connectivity index (χ0) is 30.7. The number of aromatic carboxylic acids is 4. The Hall–Kier alpha value is -6.24. The summed E-state index contributed by atoms with van der Waals surface area (Å²) >= 11 is 0. The molecule has 13 nitrogen and oxygen atoms in total. The number of carboxylic acid groups (broad SMARTS) is 4. The molecule has 0 aliphatic carbocycles. The fraction of sp³-hybridized carbons (Fsp3) is 0.0345. The van der Waals surface area contributed by atoms with Gasteiger partial charge in [0.2, 0.25) is 0 Å². The Labute approximate surface area is 236 Å². The van der Waals surface area contributed by atoms with Crippen molar-refractivity contribution in [2.45, 2.75) is 5.41 Å². The molecule has 1 aliphatic rings. The molecule has 0 saturated heterocycles. The largest absolute Gasteiger partial charge is 0.478 e. The van der Waals surface area contributed by atoms with E-state index in [9.17, 15) is 39.6 Å². The van der Waals surface area contributed by atoms with Gasteiger partial charge in [-0.1, -0.05) is 12.1 Å². The van der Waals surface area contributed by atoms with Gasteiger partial charge in [0.15, 0.2) is 0 Å². The maximum absolute atomic E-state index is 12.8. The minimum atomic E-state index is -2.09. The fourth-order valence-electron chi connectivity index (χ4n) is 5.51. The molecule has 0 aromatic heterocycles. The highest BCUT2D eigenvalue weighted by Gasteiger charge is 2.51. The van der Waals surface area contributed by atoms with Crippen LogP contribution in [0.15, 0.2) is 60.7 Å². The van der Waals surface area contributed by atoms with Gasteiger partial charge in [-0.3, -0.25) is 0 Å². The summed E-state index contributed by atoms with van der Waals surface area (Å²) in [5.74, 6) is -6.06. The van der Waals surface area contributed by atoms with Crippen molar-refractivity contribution in [3.63, 3.8) is 0 Å². The van der Waals surface area contributed by atoms with Crippen molar-refractivity contribution >= 4 is 46.6 Å². The van der Waals surface area contributed by atoms with Crippen LogP contribution in [-0.2, 0) is 5.41 Å². The first kappa shape index (κ1) is 27.3. The lowest BCUT2D eigenvalue weighted by molar-refractivity contribution is 0.0682. The summed E-state index contributed by atoms with van der Waals surface area (Å²) in [7, 11) is 0. The fourth-order valence-corrected chi connectivity index (χ4v) is 5.51. The number of benzene rings is 4. The van der Waals surface area contributed by atoms with Gasteiger partial charge in [-0.15, -0.1) is 0 Å². The zero-order valence-electron chi connectivity index (χ0n) is 21.4. The van der Waals surface area contributed by atoms with Crippen molar-refractivity contribution in [1.82, 2.24) is 0 Å². The number of rotatable bonds is 6. The van der Waals surface area contributed by atoms with E-state index in [2.05, 4.69) is 0 Å². The maximum Gasteiger partial charge on any atom is 0.338 e. The maximum atomic E-state index is 12.8. The third-order valence-corrected chi connectivity index (χ3v) is 7.23. The molecule has 0 amide bonds. The third-order valence-electron chi connectivity index (χ3n) is 7.23. The summed E-state index contributed by atoms with van der Waals surface area (Å²) in [6.45, 7) is 0. The van der Waals surface area contributed by atoms with Crippen LogP contribution in [0.25, 0.3) is 0 Å². The van der Waals surface area contributed by atoms with Crippen LogP contribution in [0.5, 0.6) is 11.5 Å². The number of ether oxygens (including phenoxy) is 1. The molecule has 0 fully saturated rings. The molecule has 0 unspecified atom stereocenters. The van der Waals surface area contributed by atoms with Crippen molar-refractivity contribution in [1.29, 1.82) is 0 Å². The minimum Gasteiger partial charge on any atom is -0.478 e. The number of hydrogen-bond donors (Lipinski definition) is 8. The van der Waals surface area contributed by atoms with Gasteiger partial charge in [0.05, 0.1) is 27.7 Å². The molecule has 12 N–H and O–H groups in total. The monoisotopic (exact) mass is 570 g/mol. The van der Waals surface area contributed by atoms with Gasteiger partial charge in [0, 0.05) is 33.9 Å². The van der Waals surface area contributed by atoms with Crippen LogP contribution >= 0.6 is 0 Å². The Kier molecular flexibility index (Phi) is 6.15. The summed E-state index contributed by atoms with van der Waals surface area (Å²) in [6.07, 6.45) is 0. The van der Waals surface area contributed by atoms with E-state index in [4.69, 9.17) is 27.7 Å². The van der Waals surface area contributed by atoms with E-state index >= 15 is 0 Å². The van der Waals surface area contributed by atoms with Gasteiger partial charge in [0.1, 0.15) is 11.5 Å². The molecule has 4 aromatic carbocycles. The quantitative estimate of drug-likeness (QED) is 0.136. The van der Waals surface area contributed by atoms with Gasteiger partial charge in [-0.25, -0.2) is 19.2 Å². The number of anilines is 4. The van der Waals surface area contributed by atoms with Crippen LogP contribution in [0, 0.1) is 0 Å². The second-order valence-corrected chi connectivity index (χ2v) is 9.48. The second kappa shape index (κ2) is 9.45. The predicted molar refractivity (Wildman–Crippen MR) is 150 cm³/mol. The zero-order valence-corrected chi connectivity index (χ0v) is 21.4. The second-order valence-electron chi connectivity index (χ2n) is 9.48. The molecule has 42 heavy (non-hydrogen) atoms. The predicted octanol–water partition coefficient (Wildman–Crippen LogP) is 3.30. The van der Waals surface area contributed by atoms with Crippen LogP contribution in [0.1, 0.15) is 63.7 Å². The molecular weight excluding hydrogens is 548 g/mol. The van der Waals surface area contributed by atoms with Crippen LogP contribution in [0.2, 0.25) is 0 Å². The van der Waals surface area contributed by atoms with E-state index in [1.165, 1.54) is 48.5 Å². The first-order valence-corrected chi connectivity index (χ1v) is 12.1. The molecule has 0 bridgehead atoms. The van der Waals surface area contributed by atoms with Crippen molar-refractivity contribution in [3.05, 3.63) is 105 Å². The number of carbonyl (C=O) groups is 4. The average molecular weight is 571 g/mol. The molecule has 4 aromatic rings. The standard InChI is InChI=1S/C29H22N4O9/c30-15-3-1-11(9-13(15)25(34)35)29(12-2-4-16(31)14(10-12)26(36)37)23-19(7-5-17(32)21(23)27(38)39)42-20-8-6-18(33)22(24(20)29)28(40)41/h1-10H,30-33H2,(H,34,35)(H,36,37)(H,38,39)(H,40,41).